The van der Waals surface area contributed by atoms with Crippen LogP contribution in [0.3, 0.4) is 0 Å². The molecule has 0 aliphatic carbocycles. The molecule has 0 saturated carbocycles. The van der Waals surface area contributed by atoms with Gasteiger partial charge in [-0.2, -0.15) is 0 Å². The van der Waals surface area contributed by atoms with Crippen molar-refractivity contribution >= 4 is 11.6 Å². The molecule has 0 unspecified atom stereocenters. The molecule has 16 heavy (non-hydrogen) atoms. The van der Waals surface area contributed by atoms with E-state index in [0.29, 0.717) is 0 Å². The third-order valence-corrected chi connectivity index (χ3v) is 2.22. The molecule has 0 spiro atoms. The highest BCUT2D eigenvalue weighted by Gasteiger charge is 2.17. The van der Waals surface area contributed by atoms with E-state index in [2.05, 4.69) is 37.9 Å². The van der Waals surface area contributed by atoms with Crippen molar-refractivity contribution in [1.82, 2.24) is 0 Å². The van der Waals surface area contributed by atoms with Gasteiger partial charge in [0.15, 0.2) is 0 Å². The van der Waals surface area contributed by atoms with Crippen LogP contribution in [0.5, 0.6) is 0 Å². The highest BCUT2D eigenvalue weighted by atomic mass is 16.1. The molecule has 1 rings (SSSR count). The Kier molecular flexibility index (Phi) is 3.73. The summed E-state index contributed by atoms with van der Waals surface area (Å²) in [6.07, 6.45) is 0. The first-order chi connectivity index (χ1) is 7.45. The lowest BCUT2D eigenvalue weighted by atomic mass is 9.86. The molecule has 1 aromatic carbocycles. The molecule has 0 aromatic heterocycles. The Labute approximate surface area is 97.1 Å². The van der Waals surface area contributed by atoms with Gasteiger partial charge < -0.3 is 5.32 Å². The SMILES string of the molecule is CC#CC(=O)Nc1ccccc1C(C)(C)C. The van der Waals surface area contributed by atoms with Gasteiger partial charge in [0.05, 0.1) is 0 Å². The van der Waals surface area contributed by atoms with Crippen molar-refractivity contribution < 1.29 is 4.79 Å². The Morgan fingerprint density at radius 1 is 1.25 bits per heavy atom. The number of hydrogen-bond donors (Lipinski definition) is 1. The summed E-state index contributed by atoms with van der Waals surface area (Å²) in [4.78, 5) is 11.4. The van der Waals surface area contributed by atoms with E-state index in [9.17, 15) is 4.79 Å². The molecular formula is C14H17NO. The maximum absolute atomic E-state index is 11.4. The average molecular weight is 215 g/mol. The lowest BCUT2D eigenvalue weighted by Gasteiger charge is -2.22. The summed E-state index contributed by atoms with van der Waals surface area (Å²) >= 11 is 0. The second-order valence-electron chi connectivity index (χ2n) is 4.62. The smallest absolute Gasteiger partial charge is 0.300 e. The van der Waals surface area contributed by atoms with E-state index in [1.54, 1.807) is 6.92 Å². The maximum Gasteiger partial charge on any atom is 0.300 e. The van der Waals surface area contributed by atoms with E-state index < -0.39 is 0 Å². The molecule has 0 radical (unpaired) electrons. The number of nitrogens with one attached hydrogen (secondary N) is 1. The summed E-state index contributed by atoms with van der Waals surface area (Å²) in [6, 6.07) is 7.80. The maximum atomic E-state index is 11.4. The molecule has 2 nitrogen and oxygen atoms in total. The summed E-state index contributed by atoms with van der Waals surface area (Å²) in [6.45, 7) is 7.99. The van der Waals surface area contributed by atoms with Crippen LogP contribution in [0.4, 0.5) is 5.69 Å². The first-order valence-electron chi connectivity index (χ1n) is 5.28. The highest BCUT2D eigenvalue weighted by Crippen LogP contribution is 2.28. The quantitative estimate of drug-likeness (QED) is 0.717. The molecule has 0 aliphatic rings. The van der Waals surface area contributed by atoms with E-state index >= 15 is 0 Å². The Balaban J connectivity index is 3.04. The van der Waals surface area contributed by atoms with Gasteiger partial charge in [0.25, 0.3) is 5.91 Å². The average Bonchev–Trinajstić information content (AvgIpc) is 2.17. The number of hydrogen-bond acceptors (Lipinski definition) is 1. The van der Waals surface area contributed by atoms with Crippen molar-refractivity contribution in [1.29, 1.82) is 0 Å². The molecule has 1 amide bonds. The van der Waals surface area contributed by atoms with Crippen molar-refractivity contribution in [2.24, 2.45) is 0 Å². The first kappa shape index (κ1) is 12.3. The van der Waals surface area contributed by atoms with Gasteiger partial charge in [-0.05, 0) is 29.9 Å². The number of anilines is 1. The van der Waals surface area contributed by atoms with Crippen molar-refractivity contribution in [3.63, 3.8) is 0 Å². The van der Waals surface area contributed by atoms with Gasteiger partial charge in [-0.1, -0.05) is 44.9 Å². The largest absolute Gasteiger partial charge is 0.315 e. The topological polar surface area (TPSA) is 29.1 Å². The van der Waals surface area contributed by atoms with E-state index in [1.165, 1.54) is 0 Å². The lowest BCUT2D eigenvalue weighted by Crippen LogP contribution is -2.17. The molecule has 0 aliphatic heterocycles. The third kappa shape index (κ3) is 3.13. The highest BCUT2D eigenvalue weighted by molar-refractivity contribution is 6.04. The predicted octanol–water partition coefficient (Wildman–Crippen LogP) is 2.95. The molecular weight excluding hydrogens is 198 g/mol. The number of benzene rings is 1. The predicted molar refractivity (Wildman–Crippen MR) is 67.2 cm³/mol. The Bertz CT molecular complexity index is 444. The van der Waals surface area contributed by atoms with Crippen LogP contribution in [0.25, 0.3) is 0 Å². The van der Waals surface area contributed by atoms with Gasteiger partial charge in [-0.15, -0.1) is 0 Å². The summed E-state index contributed by atoms with van der Waals surface area (Å²) in [5, 5.41) is 2.81. The van der Waals surface area contributed by atoms with E-state index in [1.807, 2.05) is 24.3 Å². The third-order valence-electron chi connectivity index (χ3n) is 2.22. The van der Waals surface area contributed by atoms with Crippen LogP contribution in [-0.4, -0.2) is 5.91 Å². The van der Waals surface area contributed by atoms with Gasteiger partial charge in [-0.25, -0.2) is 0 Å². The number of amides is 1. The molecule has 0 heterocycles. The Hall–Kier alpha value is -1.75. The summed E-state index contributed by atoms with van der Waals surface area (Å²) in [7, 11) is 0. The van der Waals surface area contributed by atoms with Crippen LogP contribution < -0.4 is 5.32 Å². The second kappa shape index (κ2) is 4.85. The van der Waals surface area contributed by atoms with Gasteiger partial charge in [-0.3, -0.25) is 4.79 Å². The van der Waals surface area contributed by atoms with Gasteiger partial charge >= 0.3 is 0 Å². The number of carbonyl (C=O) groups is 1. The van der Waals surface area contributed by atoms with Crippen molar-refractivity contribution in [3.05, 3.63) is 29.8 Å². The fourth-order valence-electron chi connectivity index (χ4n) is 1.51. The van der Waals surface area contributed by atoms with Crippen LogP contribution in [0.15, 0.2) is 24.3 Å². The number of rotatable bonds is 1. The molecule has 0 atom stereocenters. The van der Waals surface area contributed by atoms with Crippen molar-refractivity contribution in [2.45, 2.75) is 33.1 Å². The Morgan fingerprint density at radius 3 is 2.44 bits per heavy atom. The van der Waals surface area contributed by atoms with E-state index in [4.69, 9.17) is 0 Å². The summed E-state index contributed by atoms with van der Waals surface area (Å²) < 4.78 is 0. The number of para-hydroxylation sites is 1. The van der Waals surface area contributed by atoms with Crippen molar-refractivity contribution in [3.8, 4) is 11.8 Å². The molecule has 0 saturated heterocycles. The normalized spacial score (nSPS) is 10.2. The first-order valence-corrected chi connectivity index (χ1v) is 5.28. The van der Waals surface area contributed by atoms with Crippen LogP contribution in [0.1, 0.15) is 33.3 Å². The molecule has 0 bridgehead atoms. The Morgan fingerprint density at radius 2 is 1.88 bits per heavy atom. The van der Waals surface area contributed by atoms with Crippen LogP contribution >= 0.6 is 0 Å². The molecule has 0 fully saturated rings. The fourth-order valence-corrected chi connectivity index (χ4v) is 1.51. The number of carbonyl (C=O) groups excluding carboxylic acids is 1. The van der Waals surface area contributed by atoms with Crippen LogP contribution in [0, 0.1) is 11.8 Å². The van der Waals surface area contributed by atoms with Crippen LogP contribution in [0.2, 0.25) is 0 Å². The second-order valence-corrected chi connectivity index (χ2v) is 4.62. The van der Waals surface area contributed by atoms with Crippen LogP contribution in [-0.2, 0) is 10.2 Å². The zero-order valence-electron chi connectivity index (χ0n) is 10.2. The summed E-state index contributed by atoms with van der Waals surface area (Å²) in [5.74, 6) is 4.79. The minimum atomic E-state index is -0.265. The van der Waals surface area contributed by atoms with Crippen molar-refractivity contribution in [2.75, 3.05) is 5.32 Å². The van der Waals surface area contributed by atoms with Gasteiger partial charge in [0, 0.05) is 5.69 Å². The standard InChI is InChI=1S/C14H17NO/c1-5-8-13(16)15-12-10-7-6-9-11(12)14(2,3)4/h6-7,9-10H,1-4H3,(H,15,16). The molecule has 1 N–H and O–H groups in total. The zero-order valence-corrected chi connectivity index (χ0v) is 10.2. The lowest BCUT2D eigenvalue weighted by molar-refractivity contribution is -0.111. The summed E-state index contributed by atoms with van der Waals surface area (Å²) in [5.41, 5.74) is 1.95. The molecule has 1 aromatic rings. The van der Waals surface area contributed by atoms with Gasteiger partial charge in [0.2, 0.25) is 0 Å². The zero-order chi connectivity index (χ0) is 12.2. The van der Waals surface area contributed by atoms with E-state index in [0.717, 1.165) is 11.3 Å². The van der Waals surface area contributed by atoms with Gasteiger partial charge in [0.1, 0.15) is 0 Å². The van der Waals surface area contributed by atoms with E-state index in [-0.39, 0.29) is 11.3 Å². The minimum absolute atomic E-state index is 0.00349. The molecule has 2 heteroatoms. The minimum Gasteiger partial charge on any atom is -0.315 e. The monoisotopic (exact) mass is 215 g/mol. The fraction of sp³-hybridized carbons (Fsp3) is 0.357. The molecule has 84 valence electrons.